The minimum Gasteiger partial charge on any atom is -0.491 e. The number of fused-ring (bicyclic) bond motifs is 1. The van der Waals surface area contributed by atoms with Crippen molar-refractivity contribution in [2.24, 2.45) is 0 Å². The third kappa shape index (κ3) is 3.10. The lowest BCUT2D eigenvalue weighted by Gasteiger charge is -2.25. The van der Waals surface area contributed by atoms with Gasteiger partial charge in [0, 0.05) is 18.4 Å². The molecule has 25 heavy (non-hydrogen) atoms. The van der Waals surface area contributed by atoms with Gasteiger partial charge in [0.1, 0.15) is 11.5 Å². The minimum absolute atomic E-state index is 0.221. The molecule has 0 aliphatic carbocycles. The summed E-state index contributed by atoms with van der Waals surface area (Å²) >= 11 is 0. The van der Waals surface area contributed by atoms with E-state index in [0.717, 1.165) is 25.0 Å². The van der Waals surface area contributed by atoms with Crippen molar-refractivity contribution in [3.05, 3.63) is 46.7 Å². The Kier molecular flexibility index (Phi) is 4.26. The number of nitrogens with zero attached hydrogens (tertiary/aromatic N) is 2. The summed E-state index contributed by atoms with van der Waals surface area (Å²) < 4.78 is 38.4. The van der Waals surface area contributed by atoms with Crippen LogP contribution >= 0.6 is 0 Å². The van der Waals surface area contributed by atoms with Crippen molar-refractivity contribution in [3.8, 4) is 5.75 Å². The Hall–Kier alpha value is -2.44. The van der Waals surface area contributed by atoms with Gasteiger partial charge in [-0.2, -0.15) is 0 Å². The molecule has 0 saturated carbocycles. The fourth-order valence-corrected chi connectivity index (χ4v) is 2.75. The maximum absolute atomic E-state index is 14.3. The van der Waals surface area contributed by atoms with Crippen molar-refractivity contribution >= 4 is 5.91 Å². The van der Waals surface area contributed by atoms with Gasteiger partial charge in [-0.3, -0.25) is 4.79 Å². The van der Waals surface area contributed by atoms with E-state index in [1.54, 1.807) is 0 Å². The number of halogens is 2. The number of amides is 1. The van der Waals surface area contributed by atoms with Crippen LogP contribution in [-0.2, 0) is 18.4 Å². The summed E-state index contributed by atoms with van der Waals surface area (Å²) in [4.78, 5) is 18.6. The summed E-state index contributed by atoms with van der Waals surface area (Å²) in [5, 5.41) is 0. The molecule has 0 N–H and O–H groups in total. The molecule has 1 aromatic heterocycles. The van der Waals surface area contributed by atoms with E-state index in [1.165, 1.54) is 4.90 Å². The van der Waals surface area contributed by atoms with Crippen molar-refractivity contribution in [2.45, 2.75) is 39.2 Å². The fourth-order valence-electron chi connectivity index (χ4n) is 2.75. The van der Waals surface area contributed by atoms with Gasteiger partial charge in [0.15, 0.2) is 23.3 Å². The number of benzene rings is 1. The Morgan fingerprint density at radius 2 is 2.04 bits per heavy atom. The number of rotatable bonds is 2. The standard InChI is InChI=1S/C18H20F2N2O3/c1-18(2,3)17-21-12-9-22(8-7-13(12)25-17)16(23)10-5-6-11(19)15(24-4)14(10)20/h5-6H,7-9H2,1-4H3. The second kappa shape index (κ2) is 6.13. The summed E-state index contributed by atoms with van der Waals surface area (Å²) in [6.07, 6.45) is 0.504. The van der Waals surface area contributed by atoms with E-state index >= 15 is 0 Å². The molecular formula is C18H20F2N2O3. The van der Waals surface area contributed by atoms with Gasteiger partial charge in [-0.15, -0.1) is 0 Å². The van der Waals surface area contributed by atoms with Gasteiger partial charge < -0.3 is 14.1 Å². The van der Waals surface area contributed by atoms with Crippen LogP contribution in [-0.4, -0.2) is 29.4 Å². The van der Waals surface area contributed by atoms with Crippen LogP contribution in [0.1, 0.15) is 48.5 Å². The van der Waals surface area contributed by atoms with E-state index in [2.05, 4.69) is 4.98 Å². The first-order chi connectivity index (χ1) is 11.7. The van der Waals surface area contributed by atoms with Gasteiger partial charge in [-0.1, -0.05) is 20.8 Å². The highest BCUT2D eigenvalue weighted by molar-refractivity contribution is 5.95. The van der Waals surface area contributed by atoms with E-state index in [4.69, 9.17) is 9.15 Å². The Bertz CT molecular complexity index is 824. The molecule has 5 nitrogen and oxygen atoms in total. The number of methoxy groups -OCH3 is 1. The predicted molar refractivity (Wildman–Crippen MR) is 86.6 cm³/mol. The Balaban J connectivity index is 1.87. The third-order valence-electron chi connectivity index (χ3n) is 4.14. The van der Waals surface area contributed by atoms with E-state index in [1.807, 2.05) is 20.8 Å². The molecule has 1 aliphatic rings. The molecule has 134 valence electrons. The maximum Gasteiger partial charge on any atom is 0.257 e. The average Bonchev–Trinajstić information content (AvgIpc) is 2.98. The first kappa shape index (κ1) is 17.4. The van der Waals surface area contributed by atoms with Crippen LogP contribution in [0, 0.1) is 11.6 Å². The first-order valence-corrected chi connectivity index (χ1v) is 8.02. The van der Waals surface area contributed by atoms with Crippen LogP contribution in [0.4, 0.5) is 8.78 Å². The van der Waals surface area contributed by atoms with Crippen LogP contribution in [0.5, 0.6) is 5.75 Å². The van der Waals surface area contributed by atoms with Crippen molar-refractivity contribution in [3.63, 3.8) is 0 Å². The van der Waals surface area contributed by atoms with E-state index in [0.29, 0.717) is 24.6 Å². The first-order valence-electron chi connectivity index (χ1n) is 8.02. The number of ether oxygens (including phenoxy) is 1. The van der Waals surface area contributed by atoms with E-state index in [9.17, 15) is 13.6 Å². The molecule has 0 fully saturated rings. The Morgan fingerprint density at radius 1 is 1.32 bits per heavy atom. The Labute approximate surface area is 144 Å². The molecule has 1 amide bonds. The molecule has 3 rings (SSSR count). The molecule has 2 aromatic rings. The summed E-state index contributed by atoms with van der Waals surface area (Å²) in [5.74, 6) is -1.55. The van der Waals surface area contributed by atoms with Crippen molar-refractivity contribution in [2.75, 3.05) is 13.7 Å². The third-order valence-corrected chi connectivity index (χ3v) is 4.14. The van der Waals surface area contributed by atoms with Gasteiger partial charge in [0.2, 0.25) is 0 Å². The number of hydrogen-bond acceptors (Lipinski definition) is 4. The van der Waals surface area contributed by atoms with Crippen molar-refractivity contribution in [1.82, 2.24) is 9.88 Å². The zero-order chi connectivity index (χ0) is 18.4. The molecule has 2 heterocycles. The number of carbonyl (C=O) groups excluding carboxylic acids is 1. The predicted octanol–water partition coefficient (Wildman–Crippen LogP) is 3.46. The van der Waals surface area contributed by atoms with Crippen LogP contribution in [0.15, 0.2) is 16.5 Å². The molecule has 0 unspecified atom stereocenters. The quantitative estimate of drug-likeness (QED) is 0.832. The normalized spacial score (nSPS) is 14.4. The van der Waals surface area contributed by atoms with Crippen LogP contribution in [0.25, 0.3) is 0 Å². The summed E-state index contributed by atoms with van der Waals surface area (Å²) in [7, 11) is 1.16. The topological polar surface area (TPSA) is 55.6 Å². The molecular weight excluding hydrogens is 330 g/mol. The Morgan fingerprint density at radius 3 is 2.68 bits per heavy atom. The molecule has 0 saturated heterocycles. The number of hydrogen-bond donors (Lipinski definition) is 0. The molecule has 0 atom stereocenters. The smallest absolute Gasteiger partial charge is 0.257 e. The van der Waals surface area contributed by atoms with Gasteiger partial charge >= 0.3 is 0 Å². The van der Waals surface area contributed by atoms with Gasteiger partial charge in [0.05, 0.1) is 19.2 Å². The highest BCUT2D eigenvalue weighted by Crippen LogP contribution is 2.29. The van der Waals surface area contributed by atoms with E-state index in [-0.39, 0.29) is 17.5 Å². The lowest BCUT2D eigenvalue weighted by molar-refractivity contribution is 0.0722. The van der Waals surface area contributed by atoms with Gasteiger partial charge in [0.25, 0.3) is 5.91 Å². The van der Waals surface area contributed by atoms with Crippen LogP contribution < -0.4 is 4.74 Å². The maximum atomic E-state index is 14.3. The number of carbonyl (C=O) groups is 1. The number of aromatic nitrogens is 1. The summed E-state index contributed by atoms with van der Waals surface area (Å²) in [6.45, 7) is 6.59. The molecule has 0 bridgehead atoms. The van der Waals surface area contributed by atoms with Crippen LogP contribution in [0.2, 0.25) is 0 Å². The molecule has 1 aromatic carbocycles. The molecule has 0 spiro atoms. The minimum atomic E-state index is -0.992. The highest BCUT2D eigenvalue weighted by atomic mass is 19.1. The zero-order valence-electron chi connectivity index (χ0n) is 14.7. The average molecular weight is 350 g/mol. The van der Waals surface area contributed by atoms with Crippen molar-refractivity contribution in [1.29, 1.82) is 0 Å². The summed E-state index contributed by atoms with van der Waals surface area (Å²) in [5.41, 5.74) is 0.225. The van der Waals surface area contributed by atoms with Crippen molar-refractivity contribution < 1.29 is 22.7 Å². The highest BCUT2D eigenvalue weighted by Gasteiger charge is 2.31. The fraction of sp³-hybridized carbons (Fsp3) is 0.444. The molecule has 0 radical (unpaired) electrons. The SMILES string of the molecule is COc1c(F)ccc(C(=O)N2CCc3oc(C(C)(C)C)nc3C2)c1F. The second-order valence-corrected chi connectivity index (χ2v) is 7.06. The van der Waals surface area contributed by atoms with Crippen LogP contribution in [0.3, 0.4) is 0 Å². The molecule has 7 heteroatoms. The lowest BCUT2D eigenvalue weighted by atomic mass is 9.97. The largest absolute Gasteiger partial charge is 0.491 e. The van der Waals surface area contributed by atoms with Gasteiger partial charge in [-0.25, -0.2) is 13.8 Å². The number of oxazole rings is 1. The van der Waals surface area contributed by atoms with Gasteiger partial charge in [-0.05, 0) is 12.1 Å². The second-order valence-electron chi connectivity index (χ2n) is 7.06. The van der Waals surface area contributed by atoms with E-state index < -0.39 is 23.3 Å². The monoisotopic (exact) mass is 350 g/mol. The lowest BCUT2D eigenvalue weighted by Crippen LogP contribution is -2.36. The summed E-state index contributed by atoms with van der Waals surface area (Å²) in [6, 6.07) is 2.16. The molecule has 1 aliphatic heterocycles. The zero-order valence-corrected chi connectivity index (χ0v) is 14.7.